The monoisotopic (exact) mass is 349 g/mol. The van der Waals surface area contributed by atoms with Gasteiger partial charge in [0, 0.05) is 11.4 Å². The van der Waals surface area contributed by atoms with E-state index in [9.17, 15) is 0 Å². The summed E-state index contributed by atoms with van der Waals surface area (Å²) in [5.41, 5.74) is 9.63. The largest absolute Gasteiger partial charge is 0.404 e. The third-order valence-electron chi connectivity index (χ3n) is 5.20. The Hall–Kier alpha value is -3.32. The molecule has 1 heteroatoms. The molecule has 0 aliphatic carbocycles. The van der Waals surface area contributed by atoms with Gasteiger partial charge in [0.2, 0.25) is 0 Å². The summed E-state index contributed by atoms with van der Waals surface area (Å²) in [6.07, 6.45) is 4.83. The number of fused-ring (bicyclic) bond motifs is 2. The summed E-state index contributed by atoms with van der Waals surface area (Å²) >= 11 is 0. The zero-order valence-electron chi connectivity index (χ0n) is 15.6. The molecule has 0 fully saturated rings. The molecule has 4 rings (SSSR count). The molecule has 4 aromatic rings. The topological polar surface area (TPSA) is 26.0 Å². The first-order chi connectivity index (χ1) is 13.2. The van der Waals surface area contributed by atoms with E-state index in [0.29, 0.717) is 0 Å². The van der Waals surface area contributed by atoms with Crippen LogP contribution in [-0.4, -0.2) is 0 Å². The van der Waals surface area contributed by atoms with Crippen molar-refractivity contribution < 1.29 is 0 Å². The summed E-state index contributed by atoms with van der Waals surface area (Å²) in [7, 11) is 0. The lowest BCUT2D eigenvalue weighted by atomic mass is 9.93. The second-order valence-electron chi connectivity index (χ2n) is 6.96. The Balaban J connectivity index is 1.93. The van der Waals surface area contributed by atoms with Crippen molar-refractivity contribution in [3.05, 3.63) is 101 Å². The molecule has 0 unspecified atom stereocenters. The fourth-order valence-corrected chi connectivity index (χ4v) is 3.84. The summed E-state index contributed by atoms with van der Waals surface area (Å²) in [5, 5.41) is 7.19. The molecule has 0 radical (unpaired) electrons. The van der Waals surface area contributed by atoms with Gasteiger partial charge < -0.3 is 5.73 Å². The lowest BCUT2D eigenvalue weighted by Crippen LogP contribution is -2.27. The molecule has 0 amide bonds. The van der Waals surface area contributed by atoms with Crippen LogP contribution in [0.25, 0.3) is 39.4 Å². The van der Waals surface area contributed by atoms with Crippen LogP contribution in [0.15, 0.2) is 79.4 Å². The highest BCUT2D eigenvalue weighted by atomic mass is 14.5. The van der Waals surface area contributed by atoms with E-state index in [1.807, 2.05) is 0 Å². The van der Waals surface area contributed by atoms with Crippen LogP contribution in [0.5, 0.6) is 0 Å². The quantitative estimate of drug-likeness (QED) is 0.568. The van der Waals surface area contributed by atoms with E-state index in [4.69, 9.17) is 5.73 Å². The fourth-order valence-electron chi connectivity index (χ4n) is 3.84. The minimum atomic E-state index is 0.836. The molecule has 0 atom stereocenters. The third kappa shape index (κ3) is 3.13. The summed E-state index contributed by atoms with van der Waals surface area (Å²) in [6.45, 7) is 6.25. The zero-order valence-corrected chi connectivity index (χ0v) is 15.6. The van der Waals surface area contributed by atoms with Gasteiger partial charge in [-0.2, -0.15) is 0 Å². The van der Waals surface area contributed by atoms with Crippen LogP contribution in [0.3, 0.4) is 0 Å². The maximum atomic E-state index is 6.00. The van der Waals surface area contributed by atoms with Gasteiger partial charge in [0.25, 0.3) is 0 Å². The molecule has 0 aliphatic heterocycles. The minimum absolute atomic E-state index is 0.836. The minimum Gasteiger partial charge on any atom is -0.404 e. The van der Waals surface area contributed by atoms with E-state index in [1.54, 1.807) is 6.20 Å². The fraction of sp³-hybridized carbons (Fsp3) is 0.0769. The van der Waals surface area contributed by atoms with Crippen LogP contribution < -0.4 is 16.2 Å². The van der Waals surface area contributed by atoms with Crippen molar-refractivity contribution in [2.24, 2.45) is 5.73 Å². The molecule has 0 aromatic heterocycles. The smallest absolute Gasteiger partial charge is 0.00465 e. The lowest BCUT2D eigenvalue weighted by Gasteiger charge is -2.12. The molecular weight excluding hydrogens is 326 g/mol. The number of hydrogen-bond donors (Lipinski definition) is 1. The van der Waals surface area contributed by atoms with E-state index in [-0.39, 0.29) is 0 Å². The van der Waals surface area contributed by atoms with Crippen molar-refractivity contribution >= 4 is 39.4 Å². The molecule has 0 spiro atoms. The molecule has 132 valence electrons. The number of nitrogens with two attached hydrogens (primary N) is 1. The maximum absolute atomic E-state index is 6.00. The SMILES string of the molecule is C=C(C)c1ccc2ccccc2c1C/C=c1/ccc2ccccc2/c1=C/N. The summed E-state index contributed by atoms with van der Waals surface area (Å²) in [6, 6.07) is 25.6. The van der Waals surface area contributed by atoms with Gasteiger partial charge in [-0.25, -0.2) is 0 Å². The molecule has 27 heavy (non-hydrogen) atoms. The van der Waals surface area contributed by atoms with Crippen molar-refractivity contribution in [2.45, 2.75) is 13.3 Å². The van der Waals surface area contributed by atoms with Crippen LogP contribution in [0.4, 0.5) is 0 Å². The number of hydrogen-bond acceptors (Lipinski definition) is 1. The average molecular weight is 349 g/mol. The molecule has 1 nitrogen and oxygen atoms in total. The van der Waals surface area contributed by atoms with Gasteiger partial charge in [-0.05, 0) is 51.2 Å². The van der Waals surface area contributed by atoms with Gasteiger partial charge in [-0.1, -0.05) is 91.0 Å². The van der Waals surface area contributed by atoms with Crippen LogP contribution in [-0.2, 0) is 6.42 Å². The highest BCUT2D eigenvalue weighted by Crippen LogP contribution is 2.27. The van der Waals surface area contributed by atoms with Crippen LogP contribution >= 0.6 is 0 Å². The van der Waals surface area contributed by atoms with Gasteiger partial charge in [-0.3, -0.25) is 0 Å². The van der Waals surface area contributed by atoms with E-state index in [1.165, 1.54) is 32.7 Å². The van der Waals surface area contributed by atoms with E-state index in [2.05, 4.69) is 92.4 Å². The molecule has 0 saturated heterocycles. The van der Waals surface area contributed by atoms with E-state index < -0.39 is 0 Å². The standard InChI is InChI=1S/C26H23N/c1-18(2)22-15-13-20-8-3-5-9-23(20)25(22)16-14-21-12-11-19-7-4-6-10-24(19)26(21)17-27/h3-15,17H,1,16,27H2,2H3/b21-14-,26-17+. The highest BCUT2D eigenvalue weighted by Gasteiger charge is 2.07. The highest BCUT2D eigenvalue weighted by molar-refractivity contribution is 5.91. The van der Waals surface area contributed by atoms with Gasteiger partial charge in [0.05, 0.1) is 0 Å². The Morgan fingerprint density at radius 3 is 2.19 bits per heavy atom. The maximum Gasteiger partial charge on any atom is 0.00465 e. The molecule has 4 aromatic carbocycles. The first-order valence-corrected chi connectivity index (χ1v) is 9.25. The molecule has 0 saturated carbocycles. The number of rotatable bonds is 3. The molecule has 0 heterocycles. The lowest BCUT2D eigenvalue weighted by molar-refractivity contribution is 1.32. The van der Waals surface area contributed by atoms with Crippen LogP contribution in [0.1, 0.15) is 18.1 Å². The Morgan fingerprint density at radius 1 is 0.852 bits per heavy atom. The van der Waals surface area contributed by atoms with Crippen molar-refractivity contribution in [1.82, 2.24) is 0 Å². The Morgan fingerprint density at radius 2 is 1.48 bits per heavy atom. The average Bonchev–Trinajstić information content (AvgIpc) is 2.71. The third-order valence-corrected chi connectivity index (χ3v) is 5.20. The first kappa shape index (κ1) is 17.1. The van der Waals surface area contributed by atoms with Crippen molar-refractivity contribution in [1.29, 1.82) is 0 Å². The van der Waals surface area contributed by atoms with Crippen molar-refractivity contribution in [3.63, 3.8) is 0 Å². The Kier molecular flexibility index (Phi) is 4.52. The first-order valence-electron chi connectivity index (χ1n) is 9.25. The summed E-state index contributed by atoms with van der Waals surface area (Å²) in [4.78, 5) is 0. The molecule has 2 N–H and O–H groups in total. The zero-order chi connectivity index (χ0) is 18.8. The normalized spacial score (nSPS) is 12.8. The molecular formula is C26H23N. The molecule has 0 bridgehead atoms. The van der Waals surface area contributed by atoms with Gasteiger partial charge in [-0.15, -0.1) is 0 Å². The van der Waals surface area contributed by atoms with Gasteiger partial charge >= 0.3 is 0 Å². The van der Waals surface area contributed by atoms with E-state index >= 15 is 0 Å². The van der Waals surface area contributed by atoms with Gasteiger partial charge in [0.15, 0.2) is 0 Å². The van der Waals surface area contributed by atoms with E-state index in [0.717, 1.165) is 22.4 Å². The number of allylic oxidation sites excluding steroid dienone is 1. The van der Waals surface area contributed by atoms with Crippen LogP contribution in [0.2, 0.25) is 0 Å². The predicted molar refractivity (Wildman–Crippen MR) is 119 cm³/mol. The van der Waals surface area contributed by atoms with Gasteiger partial charge in [0.1, 0.15) is 0 Å². The number of benzene rings is 4. The Bertz CT molecular complexity index is 1280. The van der Waals surface area contributed by atoms with Crippen LogP contribution in [0, 0.1) is 0 Å². The predicted octanol–water partition coefficient (Wildman–Crippen LogP) is 4.75. The second kappa shape index (κ2) is 7.13. The summed E-state index contributed by atoms with van der Waals surface area (Å²) < 4.78 is 0. The summed E-state index contributed by atoms with van der Waals surface area (Å²) in [5.74, 6) is 0. The molecule has 0 aliphatic rings. The Labute approximate surface area is 159 Å². The van der Waals surface area contributed by atoms with Crippen molar-refractivity contribution in [3.8, 4) is 0 Å². The van der Waals surface area contributed by atoms with Crippen molar-refractivity contribution in [2.75, 3.05) is 0 Å². The second-order valence-corrected chi connectivity index (χ2v) is 6.96.